The molecular formula is C18H18ClN3O5S. The van der Waals surface area contributed by atoms with E-state index in [-0.39, 0.29) is 29.2 Å². The van der Waals surface area contributed by atoms with Gasteiger partial charge in [0.25, 0.3) is 5.69 Å². The van der Waals surface area contributed by atoms with Crippen LogP contribution in [0, 0.1) is 10.1 Å². The number of carbonyl (C=O) groups excluding carboxylic acids is 1. The molecule has 2 N–H and O–H groups in total. The largest absolute Gasteiger partial charge is 0.504 e. The molecule has 0 saturated heterocycles. The van der Waals surface area contributed by atoms with Crippen molar-refractivity contribution in [1.82, 2.24) is 5.43 Å². The van der Waals surface area contributed by atoms with Gasteiger partial charge in [-0.25, -0.2) is 5.43 Å². The summed E-state index contributed by atoms with van der Waals surface area (Å²) in [6.07, 6.45) is 1.17. The van der Waals surface area contributed by atoms with Crippen LogP contribution in [0.3, 0.4) is 0 Å². The van der Waals surface area contributed by atoms with Gasteiger partial charge < -0.3 is 9.84 Å². The molecule has 148 valence electrons. The van der Waals surface area contributed by atoms with E-state index in [1.807, 2.05) is 13.0 Å². The predicted octanol–water partition coefficient (Wildman–Crippen LogP) is 3.77. The molecule has 2 aromatic rings. The van der Waals surface area contributed by atoms with Crippen LogP contribution >= 0.6 is 23.4 Å². The first-order chi connectivity index (χ1) is 13.3. The third-order valence-electron chi connectivity index (χ3n) is 3.59. The van der Waals surface area contributed by atoms with Crippen molar-refractivity contribution in [2.24, 2.45) is 5.10 Å². The van der Waals surface area contributed by atoms with Gasteiger partial charge in [0.05, 0.1) is 30.7 Å². The molecule has 10 heteroatoms. The van der Waals surface area contributed by atoms with Crippen molar-refractivity contribution in [3.63, 3.8) is 0 Å². The molecule has 0 aliphatic rings. The number of amides is 1. The fourth-order valence-corrected chi connectivity index (χ4v) is 3.33. The molecule has 28 heavy (non-hydrogen) atoms. The Balaban J connectivity index is 2.13. The Morgan fingerprint density at radius 2 is 2.18 bits per heavy atom. The number of methoxy groups -OCH3 is 1. The molecule has 2 aromatic carbocycles. The molecule has 0 bridgehead atoms. The molecule has 1 amide bonds. The van der Waals surface area contributed by atoms with Crippen LogP contribution in [0.25, 0.3) is 0 Å². The van der Waals surface area contributed by atoms with Crippen molar-refractivity contribution in [3.8, 4) is 11.5 Å². The summed E-state index contributed by atoms with van der Waals surface area (Å²) >= 11 is 7.60. The zero-order chi connectivity index (χ0) is 20.7. The average molecular weight is 424 g/mol. The third kappa shape index (κ3) is 5.61. The van der Waals surface area contributed by atoms with Crippen LogP contribution in [-0.4, -0.2) is 35.0 Å². The lowest BCUT2D eigenvalue weighted by Gasteiger charge is -2.08. The number of phenols is 1. The van der Waals surface area contributed by atoms with Crippen LogP contribution in [0.1, 0.15) is 18.1 Å². The normalized spacial score (nSPS) is 10.8. The summed E-state index contributed by atoms with van der Waals surface area (Å²) in [5, 5.41) is 25.3. The molecule has 0 atom stereocenters. The quantitative estimate of drug-likeness (QED) is 0.289. The Morgan fingerprint density at radius 1 is 1.43 bits per heavy atom. The number of carbonyl (C=O) groups is 1. The number of hydrazone groups is 1. The monoisotopic (exact) mass is 423 g/mol. The number of nitrogens with zero attached hydrogens (tertiary/aromatic N) is 2. The molecule has 0 aliphatic carbocycles. The summed E-state index contributed by atoms with van der Waals surface area (Å²) in [5.41, 5.74) is 2.87. The van der Waals surface area contributed by atoms with Crippen LogP contribution < -0.4 is 10.2 Å². The molecular weight excluding hydrogens is 406 g/mol. The van der Waals surface area contributed by atoms with E-state index >= 15 is 0 Å². The number of phenolic OH excluding ortho intramolecular Hbond substituents is 1. The van der Waals surface area contributed by atoms with Crippen molar-refractivity contribution in [2.75, 3.05) is 12.9 Å². The highest BCUT2D eigenvalue weighted by Crippen LogP contribution is 2.33. The van der Waals surface area contributed by atoms with E-state index in [4.69, 9.17) is 16.3 Å². The maximum atomic E-state index is 12.2. The van der Waals surface area contributed by atoms with Crippen LogP contribution in [-0.2, 0) is 11.2 Å². The lowest BCUT2D eigenvalue weighted by Crippen LogP contribution is -2.20. The van der Waals surface area contributed by atoms with E-state index in [0.29, 0.717) is 5.02 Å². The minimum atomic E-state index is -0.621. The SMILES string of the molecule is CCSc1ccc(Cl)cc1CC(=O)N/N=C\c1cc([N+](=O)[O-])cc(OC)c1O. The van der Waals surface area contributed by atoms with Gasteiger partial charge in [0.15, 0.2) is 11.5 Å². The average Bonchev–Trinajstić information content (AvgIpc) is 2.65. The highest BCUT2D eigenvalue weighted by molar-refractivity contribution is 7.99. The van der Waals surface area contributed by atoms with Gasteiger partial charge in [0.2, 0.25) is 5.91 Å². The smallest absolute Gasteiger partial charge is 0.274 e. The van der Waals surface area contributed by atoms with E-state index in [9.17, 15) is 20.0 Å². The molecule has 0 saturated carbocycles. The molecule has 2 rings (SSSR count). The van der Waals surface area contributed by atoms with Gasteiger partial charge in [0, 0.05) is 21.5 Å². The Kier molecular flexibility index (Phi) is 7.65. The summed E-state index contributed by atoms with van der Waals surface area (Å²) < 4.78 is 4.91. The third-order valence-corrected chi connectivity index (χ3v) is 4.82. The summed E-state index contributed by atoms with van der Waals surface area (Å²) in [7, 11) is 1.28. The highest BCUT2D eigenvalue weighted by atomic mass is 35.5. The first-order valence-electron chi connectivity index (χ1n) is 8.14. The fourth-order valence-electron chi connectivity index (χ4n) is 2.34. The van der Waals surface area contributed by atoms with Crippen molar-refractivity contribution >= 4 is 41.2 Å². The van der Waals surface area contributed by atoms with E-state index in [1.54, 1.807) is 23.9 Å². The van der Waals surface area contributed by atoms with Gasteiger partial charge in [-0.2, -0.15) is 5.10 Å². The summed E-state index contributed by atoms with van der Waals surface area (Å²) in [6.45, 7) is 2.01. The van der Waals surface area contributed by atoms with Crippen LogP contribution in [0.5, 0.6) is 11.5 Å². The van der Waals surface area contributed by atoms with Crippen molar-refractivity contribution < 1.29 is 19.6 Å². The standard InChI is InChI=1S/C18H18ClN3O5S/c1-3-28-16-5-4-13(19)6-11(16)8-17(23)21-20-10-12-7-14(22(25)26)9-15(27-2)18(12)24/h4-7,9-10,24H,3,8H2,1-2H3,(H,21,23)/b20-10-. The second-order valence-electron chi connectivity index (χ2n) is 5.50. The fraction of sp³-hybridized carbons (Fsp3) is 0.222. The summed E-state index contributed by atoms with van der Waals surface area (Å²) in [4.78, 5) is 23.5. The van der Waals surface area contributed by atoms with Crippen molar-refractivity contribution in [1.29, 1.82) is 0 Å². The zero-order valence-corrected chi connectivity index (χ0v) is 16.7. The van der Waals surface area contributed by atoms with E-state index in [0.717, 1.165) is 34.6 Å². The van der Waals surface area contributed by atoms with Crippen LogP contribution in [0.15, 0.2) is 40.3 Å². The second-order valence-corrected chi connectivity index (χ2v) is 7.24. The second kappa shape index (κ2) is 9.95. The first-order valence-corrected chi connectivity index (χ1v) is 9.50. The number of non-ortho nitro benzene ring substituents is 1. The lowest BCUT2D eigenvalue weighted by atomic mass is 10.1. The number of benzene rings is 2. The Labute approximate surface area is 170 Å². The van der Waals surface area contributed by atoms with Crippen LogP contribution in [0.2, 0.25) is 5.02 Å². The van der Waals surface area contributed by atoms with Gasteiger partial charge >= 0.3 is 0 Å². The number of ether oxygens (including phenoxy) is 1. The maximum Gasteiger partial charge on any atom is 0.274 e. The van der Waals surface area contributed by atoms with Gasteiger partial charge in [-0.05, 0) is 29.5 Å². The Morgan fingerprint density at radius 3 is 2.82 bits per heavy atom. The topological polar surface area (TPSA) is 114 Å². The van der Waals surface area contributed by atoms with Crippen molar-refractivity contribution in [3.05, 3.63) is 56.6 Å². The summed E-state index contributed by atoms with van der Waals surface area (Å²) in [6, 6.07) is 7.56. The zero-order valence-electron chi connectivity index (χ0n) is 15.1. The first kappa shape index (κ1) is 21.5. The van der Waals surface area contributed by atoms with E-state index in [2.05, 4.69) is 10.5 Å². The number of hydrogen-bond acceptors (Lipinski definition) is 7. The number of nitro groups is 1. The Hall–Kier alpha value is -2.78. The molecule has 0 aromatic heterocycles. The molecule has 0 aliphatic heterocycles. The number of thioether (sulfide) groups is 1. The number of aromatic hydroxyl groups is 1. The number of nitro benzene ring substituents is 1. The van der Waals surface area contributed by atoms with Crippen molar-refractivity contribution in [2.45, 2.75) is 18.2 Å². The maximum absolute atomic E-state index is 12.2. The molecule has 8 nitrogen and oxygen atoms in total. The van der Waals surface area contributed by atoms with Gasteiger partial charge in [-0.3, -0.25) is 14.9 Å². The van der Waals surface area contributed by atoms with Crippen LogP contribution in [0.4, 0.5) is 5.69 Å². The van der Waals surface area contributed by atoms with Gasteiger partial charge in [-0.15, -0.1) is 11.8 Å². The lowest BCUT2D eigenvalue weighted by molar-refractivity contribution is -0.385. The molecule has 0 unspecified atom stereocenters. The summed E-state index contributed by atoms with van der Waals surface area (Å²) in [5.74, 6) is 0.0699. The highest BCUT2D eigenvalue weighted by Gasteiger charge is 2.16. The van der Waals surface area contributed by atoms with Gasteiger partial charge in [0.1, 0.15) is 0 Å². The molecule has 0 fully saturated rings. The predicted molar refractivity (Wildman–Crippen MR) is 109 cm³/mol. The van der Waals surface area contributed by atoms with Gasteiger partial charge in [-0.1, -0.05) is 18.5 Å². The molecule has 0 spiro atoms. The number of halogens is 1. The number of rotatable bonds is 8. The molecule has 0 radical (unpaired) electrons. The Bertz CT molecular complexity index is 920. The molecule has 0 heterocycles. The number of nitrogens with one attached hydrogen (secondary N) is 1. The minimum Gasteiger partial charge on any atom is -0.504 e. The van der Waals surface area contributed by atoms with E-state index < -0.39 is 10.8 Å². The number of hydrogen-bond donors (Lipinski definition) is 2. The van der Waals surface area contributed by atoms with E-state index in [1.165, 1.54) is 7.11 Å². The minimum absolute atomic E-state index is 0.0383.